The fraction of sp³-hybridized carbons (Fsp3) is 0.400. The molecule has 2 aliphatic heterocycles. The number of hydrogen-bond acceptors (Lipinski definition) is 4. The van der Waals surface area contributed by atoms with Gasteiger partial charge in [0, 0.05) is 67.4 Å². The van der Waals surface area contributed by atoms with Gasteiger partial charge in [-0.2, -0.15) is 18.3 Å². The summed E-state index contributed by atoms with van der Waals surface area (Å²) < 4.78 is 41.5. The van der Waals surface area contributed by atoms with Gasteiger partial charge in [0.15, 0.2) is 0 Å². The molecule has 0 bridgehead atoms. The van der Waals surface area contributed by atoms with Crippen molar-refractivity contribution in [1.29, 1.82) is 0 Å². The molecular formula is C25H27ClF3N5. The molecule has 1 N–H and O–H groups in total. The lowest BCUT2D eigenvalue weighted by molar-refractivity contribution is -0.145. The summed E-state index contributed by atoms with van der Waals surface area (Å²) >= 11 is 6.37. The first-order valence-corrected chi connectivity index (χ1v) is 12.0. The maximum absolute atomic E-state index is 13.5. The molecule has 3 heterocycles. The van der Waals surface area contributed by atoms with E-state index < -0.39 is 11.9 Å². The highest BCUT2D eigenvalue weighted by atomic mass is 35.5. The summed E-state index contributed by atoms with van der Waals surface area (Å²) in [5, 5.41) is 7.99. The number of rotatable bonds is 4. The highest BCUT2D eigenvalue weighted by molar-refractivity contribution is 6.31. The van der Waals surface area contributed by atoms with E-state index in [1.165, 1.54) is 11.9 Å². The van der Waals surface area contributed by atoms with E-state index in [2.05, 4.69) is 44.5 Å². The zero-order chi connectivity index (χ0) is 23.7. The highest BCUT2D eigenvalue weighted by Gasteiger charge is 2.37. The van der Waals surface area contributed by atoms with Crippen molar-refractivity contribution in [2.24, 2.45) is 0 Å². The largest absolute Gasteiger partial charge is 0.433 e. The van der Waals surface area contributed by atoms with Crippen LogP contribution in [0.5, 0.6) is 0 Å². The van der Waals surface area contributed by atoms with Gasteiger partial charge in [-0.15, -0.1) is 0 Å². The third kappa shape index (κ3) is 4.74. The summed E-state index contributed by atoms with van der Waals surface area (Å²) in [6, 6.07) is 15.0. The van der Waals surface area contributed by atoms with Gasteiger partial charge in [0.2, 0.25) is 0 Å². The molecule has 34 heavy (non-hydrogen) atoms. The second-order valence-corrected chi connectivity index (χ2v) is 9.28. The number of benzene rings is 2. The molecule has 1 aromatic heterocycles. The van der Waals surface area contributed by atoms with Crippen molar-refractivity contribution in [1.82, 2.24) is 15.1 Å². The van der Waals surface area contributed by atoms with E-state index in [4.69, 9.17) is 11.6 Å². The number of nitrogens with one attached hydrogen (secondary N) is 1. The van der Waals surface area contributed by atoms with Gasteiger partial charge in [0.05, 0.1) is 6.04 Å². The van der Waals surface area contributed by atoms with Crippen molar-refractivity contribution in [2.45, 2.75) is 25.1 Å². The zero-order valence-corrected chi connectivity index (χ0v) is 19.5. The highest BCUT2D eigenvalue weighted by Crippen LogP contribution is 2.38. The lowest BCUT2D eigenvalue weighted by atomic mass is 9.99. The number of nitrogens with zero attached hydrogens (tertiary/aromatic N) is 4. The van der Waals surface area contributed by atoms with E-state index in [0.29, 0.717) is 18.0 Å². The van der Waals surface area contributed by atoms with Gasteiger partial charge in [-0.25, -0.2) is 0 Å². The molecule has 2 saturated heterocycles. The zero-order valence-electron chi connectivity index (χ0n) is 18.7. The van der Waals surface area contributed by atoms with Crippen LogP contribution in [0.15, 0.2) is 54.7 Å². The fourth-order valence-corrected chi connectivity index (χ4v) is 5.15. The van der Waals surface area contributed by atoms with E-state index in [1.54, 1.807) is 0 Å². The summed E-state index contributed by atoms with van der Waals surface area (Å²) in [5.74, 6) is 0. The van der Waals surface area contributed by atoms with Crippen molar-refractivity contribution >= 4 is 23.0 Å². The van der Waals surface area contributed by atoms with Crippen molar-refractivity contribution in [3.8, 4) is 11.1 Å². The number of aromatic nitrogens is 2. The molecule has 5 rings (SSSR count). The average molecular weight is 490 g/mol. The molecule has 0 amide bonds. The molecule has 1 unspecified atom stereocenters. The van der Waals surface area contributed by atoms with Crippen LogP contribution in [0, 0.1) is 0 Å². The predicted octanol–water partition coefficient (Wildman–Crippen LogP) is 5.47. The van der Waals surface area contributed by atoms with Gasteiger partial charge in [-0.3, -0.25) is 4.68 Å². The topological polar surface area (TPSA) is 36.3 Å². The number of hydrogen-bond donors (Lipinski definition) is 1. The van der Waals surface area contributed by atoms with E-state index >= 15 is 0 Å². The average Bonchev–Trinajstić information content (AvgIpc) is 3.36. The lowest BCUT2D eigenvalue weighted by Gasteiger charge is -2.36. The van der Waals surface area contributed by atoms with E-state index in [0.717, 1.165) is 66.7 Å². The molecule has 9 heteroatoms. The number of piperidine rings is 1. The van der Waals surface area contributed by atoms with Gasteiger partial charge in [-0.05, 0) is 48.7 Å². The van der Waals surface area contributed by atoms with E-state index in [-0.39, 0.29) is 6.04 Å². The molecular weight excluding hydrogens is 463 g/mol. The summed E-state index contributed by atoms with van der Waals surface area (Å²) in [6.45, 7) is 5.11. The Balaban J connectivity index is 1.42. The molecule has 0 aliphatic carbocycles. The molecule has 2 aromatic carbocycles. The van der Waals surface area contributed by atoms with Crippen LogP contribution in [0.2, 0.25) is 5.02 Å². The molecule has 0 spiro atoms. The minimum absolute atomic E-state index is 0.359. The molecule has 0 saturated carbocycles. The summed E-state index contributed by atoms with van der Waals surface area (Å²) in [7, 11) is 0. The van der Waals surface area contributed by atoms with Crippen LogP contribution in [0.25, 0.3) is 11.1 Å². The Morgan fingerprint density at radius 2 is 1.71 bits per heavy atom. The van der Waals surface area contributed by atoms with Gasteiger partial charge in [0.1, 0.15) is 5.69 Å². The van der Waals surface area contributed by atoms with Crippen LogP contribution in [0.3, 0.4) is 0 Å². The van der Waals surface area contributed by atoms with Crippen molar-refractivity contribution in [3.63, 3.8) is 0 Å². The number of halogens is 4. The number of alkyl halides is 3. The standard InChI is InChI=1S/C25H27ClF3N5/c26-19-5-8-22(18-3-6-20(7-4-18)32-14-11-30-12-15-32)23(16-19)33-13-1-2-21(17-33)34-24(9-10-31-34)25(27,28)29/h3-10,16,21,30H,1-2,11-15,17H2. The molecule has 3 aromatic rings. The normalized spacial score (nSPS) is 19.5. The monoisotopic (exact) mass is 489 g/mol. The van der Waals surface area contributed by atoms with Gasteiger partial charge in [-0.1, -0.05) is 29.8 Å². The number of anilines is 2. The Hall–Kier alpha value is -2.71. The van der Waals surface area contributed by atoms with Gasteiger partial charge < -0.3 is 15.1 Å². The van der Waals surface area contributed by atoms with Crippen molar-refractivity contribution < 1.29 is 13.2 Å². The summed E-state index contributed by atoms with van der Waals surface area (Å²) in [4.78, 5) is 4.50. The molecule has 2 fully saturated rings. The van der Waals surface area contributed by atoms with E-state index in [1.807, 2.05) is 18.2 Å². The Bertz CT molecular complexity index is 1120. The molecule has 5 nitrogen and oxygen atoms in total. The molecule has 180 valence electrons. The first kappa shape index (κ1) is 23.1. The smallest absolute Gasteiger partial charge is 0.369 e. The lowest BCUT2D eigenvalue weighted by Crippen LogP contribution is -2.43. The Labute approximate surface area is 202 Å². The predicted molar refractivity (Wildman–Crippen MR) is 130 cm³/mol. The second-order valence-electron chi connectivity index (χ2n) is 8.85. The van der Waals surface area contributed by atoms with Crippen LogP contribution in [-0.4, -0.2) is 49.0 Å². The second kappa shape index (κ2) is 9.50. The van der Waals surface area contributed by atoms with E-state index in [9.17, 15) is 13.2 Å². The Morgan fingerprint density at radius 1 is 0.941 bits per heavy atom. The molecule has 0 radical (unpaired) electrons. The third-order valence-corrected chi connectivity index (χ3v) is 6.90. The minimum atomic E-state index is -4.42. The van der Waals surface area contributed by atoms with Crippen molar-refractivity contribution in [2.75, 3.05) is 49.1 Å². The van der Waals surface area contributed by atoms with Gasteiger partial charge >= 0.3 is 6.18 Å². The fourth-order valence-electron chi connectivity index (χ4n) is 4.99. The Morgan fingerprint density at radius 3 is 2.44 bits per heavy atom. The van der Waals surface area contributed by atoms with Crippen molar-refractivity contribution in [3.05, 3.63) is 65.4 Å². The van der Waals surface area contributed by atoms with Gasteiger partial charge in [0.25, 0.3) is 0 Å². The first-order chi connectivity index (χ1) is 16.4. The van der Waals surface area contributed by atoms with Crippen LogP contribution >= 0.6 is 11.6 Å². The van der Waals surface area contributed by atoms with Crippen LogP contribution in [-0.2, 0) is 6.18 Å². The van der Waals surface area contributed by atoms with Crippen LogP contribution in [0.1, 0.15) is 24.6 Å². The Kier molecular flexibility index (Phi) is 6.44. The summed E-state index contributed by atoms with van der Waals surface area (Å²) in [5.41, 5.74) is 3.51. The molecule has 1 atom stereocenters. The SMILES string of the molecule is FC(F)(F)c1ccnn1C1CCCN(c2cc(Cl)ccc2-c2ccc(N3CCNCC3)cc2)C1. The molecule has 2 aliphatic rings. The van der Waals surface area contributed by atoms with Crippen LogP contribution in [0.4, 0.5) is 24.5 Å². The quantitative estimate of drug-likeness (QED) is 0.527. The number of piperazine rings is 1. The summed E-state index contributed by atoms with van der Waals surface area (Å²) in [6.07, 6.45) is -1.77. The maximum atomic E-state index is 13.5. The third-order valence-electron chi connectivity index (χ3n) is 6.66. The maximum Gasteiger partial charge on any atom is 0.433 e. The first-order valence-electron chi connectivity index (χ1n) is 11.6. The van der Waals surface area contributed by atoms with Crippen LogP contribution < -0.4 is 15.1 Å². The minimum Gasteiger partial charge on any atom is -0.369 e.